The third-order valence-corrected chi connectivity index (χ3v) is 3.11. The second-order valence-corrected chi connectivity index (χ2v) is 4.29. The number of hydrogen-bond donors (Lipinski definition) is 1. The third kappa shape index (κ3) is 2.16. The van der Waals surface area contributed by atoms with Crippen molar-refractivity contribution in [1.82, 2.24) is 5.32 Å². The average Bonchev–Trinajstić information content (AvgIpc) is 2.04. The Morgan fingerprint density at radius 2 is 2.00 bits per heavy atom. The molecule has 1 aliphatic rings. The Labute approximate surface area is 88.0 Å². The summed E-state index contributed by atoms with van der Waals surface area (Å²) < 4.78 is 0. The summed E-state index contributed by atoms with van der Waals surface area (Å²) in [4.78, 5) is 0. The molecule has 0 amide bonds. The molecule has 0 radical (unpaired) electrons. The minimum absolute atomic E-state index is 0.636. The van der Waals surface area contributed by atoms with Crippen LogP contribution in [0.2, 0.25) is 10.0 Å². The van der Waals surface area contributed by atoms with Crippen molar-refractivity contribution in [3.63, 3.8) is 0 Å². The van der Waals surface area contributed by atoms with Crippen LogP contribution < -0.4 is 5.32 Å². The Morgan fingerprint density at radius 3 is 2.54 bits per heavy atom. The fourth-order valence-corrected chi connectivity index (χ4v) is 1.81. The Balaban J connectivity index is 2.07. The summed E-state index contributed by atoms with van der Waals surface area (Å²) in [5.41, 5.74) is 1.28. The Kier molecular flexibility index (Phi) is 2.77. The largest absolute Gasteiger partial charge is 0.316 e. The quantitative estimate of drug-likeness (QED) is 0.801. The molecule has 0 saturated carbocycles. The summed E-state index contributed by atoms with van der Waals surface area (Å²) in [6.45, 7) is 2.25. The van der Waals surface area contributed by atoms with Gasteiger partial charge in [0.05, 0.1) is 10.0 Å². The van der Waals surface area contributed by atoms with Crippen molar-refractivity contribution in [2.24, 2.45) is 5.92 Å². The molecule has 1 fully saturated rings. The zero-order valence-corrected chi connectivity index (χ0v) is 8.70. The number of nitrogens with one attached hydrogen (secondary N) is 1. The van der Waals surface area contributed by atoms with E-state index in [2.05, 4.69) is 5.32 Å². The molecular weight excluding hydrogens is 205 g/mol. The van der Waals surface area contributed by atoms with Gasteiger partial charge in [-0.3, -0.25) is 0 Å². The molecule has 3 heteroatoms. The molecule has 1 saturated heterocycles. The molecule has 70 valence electrons. The normalized spacial score (nSPS) is 17.1. The average molecular weight is 216 g/mol. The van der Waals surface area contributed by atoms with Gasteiger partial charge in [0.1, 0.15) is 0 Å². The monoisotopic (exact) mass is 215 g/mol. The van der Waals surface area contributed by atoms with E-state index in [1.54, 1.807) is 0 Å². The summed E-state index contributed by atoms with van der Waals surface area (Å²) >= 11 is 11.7. The predicted octanol–water partition coefficient (Wildman–Crippen LogP) is 2.76. The van der Waals surface area contributed by atoms with E-state index >= 15 is 0 Å². The van der Waals surface area contributed by atoms with Crippen molar-refractivity contribution in [2.45, 2.75) is 6.42 Å². The van der Waals surface area contributed by atoms with E-state index in [4.69, 9.17) is 23.2 Å². The summed E-state index contributed by atoms with van der Waals surface area (Å²) in [5.74, 6) is 0.775. The topological polar surface area (TPSA) is 12.0 Å². The van der Waals surface area contributed by atoms with E-state index in [-0.39, 0.29) is 0 Å². The number of hydrogen-bond acceptors (Lipinski definition) is 1. The summed E-state index contributed by atoms with van der Waals surface area (Å²) in [5, 5.41) is 4.54. The molecule has 1 aromatic rings. The van der Waals surface area contributed by atoms with Gasteiger partial charge in [0.2, 0.25) is 0 Å². The Hall–Kier alpha value is -0.240. The second kappa shape index (κ2) is 3.87. The molecule has 1 N–H and O–H groups in total. The van der Waals surface area contributed by atoms with Crippen molar-refractivity contribution in [2.75, 3.05) is 13.1 Å². The van der Waals surface area contributed by atoms with Gasteiger partial charge in [-0.25, -0.2) is 0 Å². The summed E-state index contributed by atoms with van der Waals surface area (Å²) in [6, 6.07) is 5.88. The van der Waals surface area contributed by atoms with Crippen LogP contribution in [-0.4, -0.2) is 13.1 Å². The molecule has 0 bridgehead atoms. The first kappa shape index (κ1) is 9.32. The lowest BCUT2D eigenvalue weighted by Crippen LogP contribution is -2.43. The first-order valence-corrected chi connectivity index (χ1v) is 5.16. The van der Waals surface area contributed by atoms with Crippen LogP contribution in [0.1, 0.15) is 5.56 Å². The molecular formula is C10H11Cl2N. The van der Waals surface area contributed by atoms with Crippen LogP contribution in [0.25, 0.3) is 0 Å². The van der Waals surface area contributed by atoms with Crippen molar-refractivity contribution >= 4 is 23.2 Å². The lowest BCUT2D eigenvalue weighted by molar-refractivity contribution is 0.346. The number of benzene rings is 1. The van der Waals surface area contributed by atoms with Gasteiger partial charge in [-0.05, 0) is 43.1 Å². The van der Waals surface area contributed by atoms with Crippen molar-refractivity contribution < 1.29 is 0 Å². The minimum Gasteiger partial charge on any atom is -0.316 e. The van der Waals surface area contributed by atoms with E-state index < -0.39 is 0 Å². The van der Waals surface area contributed by atoms with Crippen molar-refractivity contribution in [3.8, 4) is 0 Å². The highest BCUT2D eigenvalue weighted by atomic mass is 35.5. The maximum Gasteiger partial charge on any atom is 0.0595 e. The van der Waals surface area contributed by atoms with Crippen molar-refractivity contribution in [3.05, 3.63) is 33.8 Å². The molecule has 0 spiro atoms. The van der Waals surface area contributed by atoms with E-state index in [0.717, 1.165) is 25.4 Å². The molecule has 2 rings (SSSR count). The van der Waals surface area contributed by atoms with E-state index in [1.165, 1.54) is 5.56 Å². The van der Waals surface area contributed by atoms with Gasteiger partial charge in [-0.2, -0.15) is 0 Å². The van der Waals surface area contributed by atoms with Crippen LogP contribution >= 0.6 is 23.2 Å². The van der Waals surface area contributed by atoms with Gasteiger partial charge in [-0.15, -0.1) is 0 Å². The summed E-state index contributed by atoms with van der Waals surface area (Å²) in [7, 11) is 0. The smallest absolute Gasteiger partial charge is 0.0595 e. The van der Waals surface area contributed by atoms with E-state index in [1.807, 2.05) is 18.2 Å². The van der Waals surface area contributed by atoms with Crippen LogP contribution in [0.15, 0.2) is 18.2 Å². The van der Waals surface area contributed by atoms with Gasteiger partial charge in [0, 0.05) is 0 Å². The van der Waals surface area contributed by atoms with Gasteiger partial charge in [-0.1, -0.05) is 29.3 Å². The number of halogens is 2. The molecule has 1 aliphatic heterocycles. The zero-order valence-electron chi connectivity index (χ0n) is 7.19. The zero-order chi connectivity index (χ0) is 9.26. The van der Waals surface area contributed by atoms with E-state index in [9.17, 15) is 0 Å². The maximum absolute atomic E-state index is 5.91. The van der Waals surface area contributed by atoms with E-state index in [0.29, 0.717) is 10.0 Å². The molecule has 0 aromatic heterocycles. The predicted molar refractivity (Wildman–Crippen MR) is 56.5 cm³/mol. The molecule has 0 atom stereocenters. The highest BCUT2D eigenvalue weighted by Gasteiger charge is 2.16. The van der Waals surface area contributed by atoms with Crippen LogP contribution in [-0.2, 0) is 6.42 Å². The molecule has 0 aliphatic carbocycles. The number of rotatable bonds is 2. The van der Waals surface area contributed by atoms with Gasteiger partial charge < -0.3 is 5.32 Å². The van der Waals surface area contributed by atoms with Crippen LogP contribution in [0.5, 0.6) is 0 Å². The molecule has 1 aromatic carbocycles. The molecule has 0 unspecified atom stereocenters. The standard InChI is InChI=1S/C10H11Cl2N/c11-9-2-1-7(4-10(9)12)3-8-5-13-6-8/h1-2,4,8,13H,3,5-6H2. The molecule has 13 heavy (non-hydrogen) atoms. The first-order chi connectivity index (χ1) is 6.25. The van der Waals surface area contributed by atoms with Crippen LogP contribution in [0.3, 0.4) is 0 Å². The van der Waals surface area contributed by atoms with Gasteiger partial charge in [0.15, 0.2) is 0 Å². The molecule has 1 nitrogen and oxygen atoms in total. The van der Waals surface area contributed by atoms with Crippen LogP contribution in [0, 0.1) is 5.92 Å². The van der Waals surface area contributed by atoms with Crippen LogP contribution in [0.4, 0.5) is 0 Å². The third-order valence-electron chi connectivity index (χ3n) is 2.37. The van der Waals surface area contributed by atoms with Crippen molar-refractivity contribution in [1.29, 1.82) is 0 Å². The molecule has 1 heterocycles. The highest BCUT2D eigenvalue weighted by Crippen LogP contribution is 2.24. The SMILES string of the molecule is Clc1ccc(CC2CNC2)cc1Cl. The minimum atomic E-state index is 0.636. The summed E-state index contributed by atoms with van der Waals surface area (Å²) in [6.07, 6.45) is 1.10. The van der Waals surface area contributed by atoms with Gasteiger partial charge in [0.25, 0.3) is 0 Å². The Morgan fingerprint density at radius 1 is 1.23 bits per heavy atom. The highest BCUT2D eigenvalue weighted by molar-refractivity contribution is 6.42. The van der Waals surface area contributed by atoms with Gasteiger partial charge >= 0.3 is 0 Å². The Bertz CT molecular complexity index is 308. The fraction of sp³-hybridized carbons (Fsp3) is 0.400. The maximum atomic E-state index is 5.91. The lowest BCUT2D eigenvalue weighted by atomic mass is 9.94. The lowest BCUT2D eigenvalue weighted by Gasteiger charge is -2.27. The first-order valence-electron chi connectivity index (χ1n) is 4.40. The second-order valence-electron chi connectivity index (χ2n) is 3.48. The fourth-order valence-electron chi connectivity index (χ4n) is 1.49.